The molecule has 1 aromatic carbocycles. The Kier molecular flexibility index (Phi) is 5.28. The summed E-state index contributed by atoms with van der Waals surface area (Å²) in [6.45, 7) is 3.48. The smallest absolute Gasteiger partial charge is 0.226 e. The Bertz CT molecular complexity index is 671. The quantitative estimate of drug-likeness (QED) is 0.844. The number of piperidine rings is 1. The van der Waals surface area contributed by atoms with Crippen molar-refractivity contribution in [2.45, 2.75) is 45.2 Å². The van der Waals surface area contributed by atoms with Crippen LogP contribution in [0.25, 0.3) is 0 Å². The van der Waals surface area contributed by atoms with Crippen LogP contribution in [0, 0.1) is 11.7 Å². The molecule has 5 heteroatoms. The van der Waals surface area contributed by atoms with Gasteiger partial charge < -0.3 is 4.90 Å². The number of halogens is 1. The molecule has 0 N–H and O–H groups in total. The summed E-state index contributed by atoms with van der Waals surface area (Å²) < 4.78 is 15.2. The number of benzene rings is 1. The Morgan fingerprint density at radius 3 is 3.00 bits per heavy atom. The molecular formula is C19H24FN3O. The average Bonchev–Trinajstić information content (AvgIpc) is 3.08. The predicted octanol–water partition coefficient (Wildman–Crippen LogP) is 3.28. The third-order valence-electron chi connectivity index (χ3n) is 4.72. The predicted molar refractivity (Wildman–Crippen MR) is 90.8 cm³/mol. The summed E-state index contributed by atoms with van der Waals surface area (Å²) in [5.41, 5.74) is 0.872. The van der Waals surface area contributed by atoms with Crippen molar-refractivity contribution in [2.75, 3.05) is 6.54 Å². The summed E-state index contributed by atoms with van der Waals surface area (Å²) in [6.07, 6.45) is 7.48. The van der Waals surface area contributed by atoms with Gasteiger partial charge in [-0.2, -0.15) is 5.10 Å². The maximum atomic E-state index is 13.3. The van der Waals surface area contributed by atoms with Gasteiger partial charge in [0.05, 0.1) is 12.6 Å². The highest BCUT2D eigenvalue weighted by atomic mass is 19.1. The highest BCUT2D eigenvalue weighted by Gasteiger charge is 2.30. The van der Waals surface area contributed by atoms with Gasteiger partial charge in [-0.1, -0.05) is 19.1 Å². The Morgan fingerprint density at radius 2 is 2.25 bits per heavy atom. The van der Waals surface area contributed by atoms with E-state index in [1.807, 2.05) is 34.8 Å². The van der Waals surface area contributed by atoms with Crippen molar-refractivity contribution in [3.8, 4) is 0 Å². The lowest BCUT2D eigenvalue weighted by molar-refractivity contribution is -0.139. The molecule has 2 aromatic rings. The summed E-state index contributed by atoms with van der Waals surface area (Å²) in [7, 11) is 0. The monoisotopic (exact) mass is 329 g/mol. The second-order valence-corrected chi connectivity index (χ2v) is 6.64. The van der Waals surface area contributed by atoms with Gasteiger partial charge in [-0.05, 0) is 49.4 Å². The molecule has 3 rings (SSSR count). The first-order chi connectivity index (χ1) is 11.6. The summed E-state index contributed by atoms with van der Waals surface area (Å²) in [4.78, 5) is 14.9. The van der Waals surface area contributed by atoms with Crippen molar-refractivity contribution in [1.29, 1.82) is 0 Å². The van der Waals surface area contributed by atoms with Gasteiger partial charge in [0.1, 0.15) is 5.82 Å². The molecule has 0 radical (unpaired) electrons. The second kappa shape index (κ2) is 7.60. The van der Waals surface area contributed by atoms with Crippen LogP contribution in [-0.4, -0.2) is 33.2 Å². The maximum Gasteiger partial charge on any atom is 0.226 e. The first kappa shape index (κ1) is 16.7. The molecular weight excluding hydrogens is 305 g/mol. The fourth-order valence-corrected chi connectivity index (χ4v) is 3.49. The number of amides is 1. The van der Waals surface area contributed by atoms with Crippen molar-refractivity contribution >= 4 is 5.91 Å². The lowest BCUT2D eigenvalue weighted by Gasteiger charge is -2.37. The van der Waals surface area contributed by atoms with E-state index in [1.54, 1.807) is 12.3 Å². The van der Waals surface area contributed by atoms with Crippen molar-refractivity contribution in [2.24, 2.45) is 5.92 Å². The van der Waals surface area contributed by atoms with E-state index in [-0.39, 0.29) is 23.7 Å². The molecule has 1 fully saturated rings. The molecule has 0 saturated carbocycles. The molecule has 0 unspecified atom stereocenters. The third-order valence-corrected chi connectivity index (χ3v) is 4.72. The molecule has 1 aliphatic rings. The van der Waals surface area contributed by atoms with Crippen molar-refractivity contribution in [1.82, 2.24) is 14.7 Å². The molecule has 0 spiro atoms. The minimum absolute atomic E-state index is 0.148. The van der Waals surface area contributed by atoms with E-state index in [4.69, 9.17) is 0 Å². The Hall–Kier alpha value is -2.17. The standard InChI is InChI=1S/C19H24FN3O/c1-15(12-16-6-4-7-17(20)13-16)19(24)23-11-3-2-8-18(23)14-22-10-5-9-21-22/h4-7,9-10,13,15,18H,2-3,8,11-12,14H2,1H3/t15-,18-/m0/s1. The van der Waals surface area contributed by atoms with Crippen LogP contribution in [0.15, 0.2) is 42.7 Å². The molecule has 4 nitrogen and oxygen atoms in total. The number of hydrogen-bond donors (Lipinski definition) is 0. The van der Waals surface area contributed by atoms with Gasteiger partial charge in [0.25, 0.3) is 0 Å². The van der Waals surface area contributed by atoms with Gasteiger partial charge in [-0.25, -0.2) is 4.39 Å². The molecule has 1 aliphatic heterocycles. The number of nitrogens with zero attached hydrogens (tertiary/aromatic N) is 3. The van der Waals surface area contributed by atoms with Gasteiger partial charge in [0.15, 0.2) is 0 Å². The van der Waals surface area contributed by atoms with Crippen LogP contribution in [0.3, 0.4) is 0 Å². The summed E-state index contributed by atoms with van der Waals surface area (Å²) in [5.74, 6) is -0.234. The SMILES string of the molecule is C[C@@H](Cc1cccc(F)c1)C(=O)N1CCCC[C@H]1Cn1cccn1. The topological polar surface area (TPSA) is 38.1 Å². The van der Waals surface area contributed by atoms with E-state index in [1.165, 1.54) is 12.1 Å². The van der Waals surface area contributed by atoms with Gasteiger partial charge in [-0.3, -0.25) is 9.48 Å². The summed E-state index contributed by atoms with van der Waals surface area (Å²) in [5, 5.41) is 4.26. The number of carbonyl (C=O) groups is 1. The van der Waals surface area contributed by atoms with Crippen LogP contribution < -0.4 is 0 Å². The van der Waals surface area contributed by atoms with Gasteiger partial charge >= 0.3 is 0 Å². The van der Waals surface area contributed by atoms with Crippen LogP contribution in [0.4, 0.5) is 4.39 Å². The van der Waals surface area contributed by atoms with Crippen molar-refractivity contribution in [3.05, 3.63) is 54.1 Å². The molecule has 128 valence electrons. The minimum Gasteiger partial charge on any atom is -0.338 e. The van der Waals surface area contributed by atoms with Crippen LogP contribution >= 0.6 is 0 Å². The highest BCUT2D eigenvalue weighted by molar-refractivity contribution is 5.79. The molecule has 1 saturated heterocycles. The number of rotatable bonds is 5. The molecule has 0 bridgehead atoms. The van der Waals surface area contributed by atoms with E-state index >= 15 is 0 Å². The zero-order chi connectivity index (χ0) is 16.9. The number of likely N-dealkylation sites (tertiary alicyclic amines) is 1. The van der Waals surface area contributed by atoms with Crippen molar-refractivity contribution < 1.29 is 9.18 Å². The Balaban J connectivity index is 1.66. The van der Waals surface area contributed by atoms with Gasteiger partial charge in [0.2, 0.25) is 5.91 Å². The first-order valence-corrected chi connectivity index (χ1v) is 8.66. The maximum absolute atomic E-state index is 13.3. The van der Waals surface area contributed by atoms with E-state index in [9.17, 15) is 9.18 Å². The number of carbonyl (C=O) groups excluding carboxylic acids is 1. The zero-order valence-electron chi connectivity index (χ0n) is 14.1. The fourth-order valence-electron chi connectivity index (χ4n) is 3.49. The molecule has 24 heavy (non-hydrogen) atoms. The number of hydrogen-bond acceptors (Lipinski definition) is 2. The summed E-state index contributed by atoms with van der Waals surface area (Å²) >= 11 is 0. The molecule has 1 aromatic heterocycles. The Labute approximate surface area is 142 Å². The minimum atomic E-state index is -0.248. The first-order valence-electron chi connectivity index (χ1n) is 8.66. The zero-order valence-corrected chi connectivity index (χ0v) is 14.1. The van der Waals surface area contributed by atoms with Crippen LogP contribution in [-0.2, 0) is 17.8 Å². The number of aromatic nitrogens is 2. The second-order valence-electron chi connectivity index (χ2n) is 6.64. The summed E-state index contributed by atoms with van der Waals surface area (Å²) in [6, 6.07) is 8.62. The van der Waals surface area contributed by atoms with Gasteiger partial charge in [-0.15, -0.1) is 0 Å². The van der Waals surface area contributed by atoms with Crippen LogP contribution in [0.1, 0.15) is 31.7 Å². The molecule has 1 amide bonds. The normalized spacial score (nSPS) is 19.2. The van der Waals surface area contributed by atoms with E-state index in [2.05, 4.69) is 5.10 Å². The molecule has 2 heterocycles. The highest BCUT2D eigenvalue weighted by Crippen LogP contribution is 2.22. The van der Waals surface area contributed by atoms with E-state index in [0.29, 0.717) is 6.42 Å². The molecule has 2 atom stereocenters. The van der Waals surface area contributed by atoms with E-state index < -0.39 is 0 Å². The third kappa shape index (κ3) is 4.02. The van der Waals surface area contributed by atoms with Crippen molar-refractivity contribution in [3.63, 3.8) is 0 Å². The largest absolute Gasteiger partial charge is 0.338 e. The molecule has 0 aliphatic carbocycles. The van der Waals surface area contributed by atoms with E-state index in [0.717, 1.165) is 37.9 Å². The van der Waals surface area contributed by atoms with Gasteiger partial charge in [0, 0.05) is 24.9 Å². The Morgan fingerprint density at radius 1 is 1.38 bits per heavy atom. The lowest BCUT2D eigenvalue weighted by atomic mass is 9.95. The van der Waals surface area contributed by atoms with Crippen LogP contribution in [0.2, 0.25) is 0 Å². The fraction of sp³-hybridized carbons (Fsp3) is 0.474. The lowest BCUT2D eigenvalue weighted by Crippen LogP contribution is -2.48. The van der Waals surface area contributed by atoms with Crippen LogP contribution in [0.5, 0.6) is 0 Å². The average molecular weight is 329 g/mol.